The average Bonchev–Trinajstić information content (AvgIpc) is 3.02. The summed E-state index contributed by atoms with van der Waals surface area (Å²) in [5.41, 5.74) is 0. The van der Waals surface area contributed by atoms with E-state index in [1.54, 1.807) is 4.31 Å². The maximum absolute atomic E-state index is 11.8. The number of hydrogen-bond acceptors (Lipinski definition) is 3. The van der Waals surface area contributed by atoms with E-state index in [1.807, 2.05) is 0 Å². The smallest absolute Gasteiger partial charge is 0.279 e. The molecule has 6 heteroatoms. The van der Waals surface area contributed by atoms with E-state index in [4.69, 9.17) is 4.74 Å². The van der Waals surface area contributed by atoms with Crippen LogP contribution in [-0.4, -0.2) is 45.1 Å². The second kappa shape index (κ2) is 6.84. The van der Waals surface area contributed by atoms with E-state index in [1.165, 1.54) is 12.8 Å². The molecule has 0 amide bonds. The van der Waals surface area contributed by atoms with Crippen molar-refractivity contribution in [2.75, 3.05) is 26.2 Å². The molecule has 0 saturated carbocycles. The van der Waals surface area contributed by atoms with Crippen molar-refractivity contribution in [1.29, 1.82) is 0 Å². The molecule has 1 atom stereocenters. The third kappa shape index (κ3) is 4.19. The van der Waals surface area contributed by atoms with Gasteiger partial charge in [-0.15, -0.1) is 0 Å². The lowest BCUT2D eigenvalue weighted by molar-refractivity contribution is 0.102. The van der Waals surface area contributed by atoms with Crippen LogP contribution in [0.25, 0.3) is 0 Å². The van der Waals surface area contributed by atoms with Crippen LogP contribution in [0.5, 0.6) is 0 Å². The van der Waals surface area contributed by atoms with Gasteiger partial charge in [0.2, 0.25) is 0 Å². The van der Waals surface area contributed by atoms with Gasteiger partial charge in [0.05, 0.1) is 6.10 Å². The number of nitrogens with one attached hydrogen (secondary N) is 1. The van der Waals surface area contributed by atoms with Crippen molar-refractivity contribution in [2.45, 2.75) is 51.0 Å². The Morgan fingerprint density at radius 3 is 2.61 bits per heavy atom. The summed E-state index contributed by atoms with van der Waals surface area (Å²) in [6, 6.07) is 0. The van der Waals surface area contributed by atoms with Gasteiger partial charge in [-0.1, -0.05) is 0 Å². The molecule has 2 aliphatic heterocycles. The fourth-order valence-electron chi connectivity index (χ4n) is 2.59. The van der Waals surface area contributed by atoms with Crippen molar-refractivity contribution in [1.82, 2.24) is 9.03 Å². The zero-order valence-corrected chi connectivity index (χ0v) is 11.8. The van der Waals surface area contributed by atoms with Gasteiger partial charge < -0.3 is 4.74 Å². The van der Waals surface area contributed by atoms with Gasteiger partial charge in [0.15, 0.2) is 0 Å². The summed E-state index contributed by atoms with van der Waals surface area (Å²) in [5.74, 6) is 0. The maximum Gasteiger partial charge on any atom is 0.279 e. The predicted octanol–water partition coefficient (Wildman–Crippen LogP) is 1.27. The Bertz CT molecular complexity index is 333. The second-order valence-corrected chi connectivity index (χ2v) is 6.89. The van der Waals surface area contributed by atoms with E-state index in [0.717, 1.165) is 38.7 Å². The Kier molecular flexibility index (Phi) is 5.41. The molecule has 2 aliphatic rings. The minimum Gasteiger partial charge on any atom is -0.378 e. The molecular weight excluding hydrogens is 252 g/mol. The zero-order chi connectivity index (χ0) is 12.8. The van der Waals surface area contributed by atoms with Crippen LogP contribution >= 0.6 is 0 Å². The number of nitrogens with zero attached hydrogens (tertiary/aromatic N) is 1. The van der Waals surface area contributed by atoms with Crippen LogP contribution in [0.15, 0.2) is 0 Å². The van der Waals surface area contributed by atoms with Gasteiger partial charge in [0, 0.05) is 26.2 Å². The molecule has 1 N–H and O–H groups in total. The van der Waals surface area contributed by atoms with Crippen LogP contribution in [0.1, 0.15) is 44.9 Å². The minimum absolute atomic E-state index is 0.417. The molecule has 1 unspecified atom stereocenters. The standard InChI is InChI=1S/C12H24N2O3S/c15-18(16,14-9-3-4-10-14)13-8-2-1-6-12-7-5-11-17-12/h12-13H,1-11H2. The van der Waals surface area contributed by atoms with Crippen LogP contribution in [-0.2, 0) is 14.9 Å². The van der Waals surface area contributed by atoms with Crippen molar-refractivity contribution in [3.8, 4) is 0 Å². The Morgan fingerprint density at radius 1 is 1.17 bits per heavy atom. The third-order valence-corrected chi connectivity index (χ3v) is 5.28. The SMILES string of the molecule is O=S(=O)(NCCCCC1CCCO1)N1CCCC1. The Labute approximate surface area is 110 Å². The van der Waals surface area contributed by atoms with E-state index in [2.05, 4.69) is 4.72 Å². The van der Waals surface area contributed by atoms with Gasteiger partial charge in [-0.3, -0.25) is 0 Å². The summed E-state index contributed by atoms with van der Waals surface area (Å²) < 4.78 is 33.5. The van der Waals surface area contributed by atoms with Crippen LogP contribution in [0.2, 0.25) is 0 Å². The first-order valence-electron chi connectivity index (χ1n) is 7.05. The Balaban J connectivity index is 1.56. The van der Waals surface area contributed by atoms with Crippen molar-refractivity contribution >= 4 is 10.2 Å². The first-order chi connectivity index (χ1) is 8.68. The summed E-state index contributed by atoms with van der Waals surface area (Å²) in [4.78, 5) is 0. The number of rotatable bonds is 7. The zero-order valence-electron chi connectivity index (χ0n) is 10.9. The van der Waals surface area contributed by atoms with Crippen LogP contribution in [0.4, 0.5) is 0 Å². The molecule has 0 aromatic rings. The Morgan fingerprint density at radius 2 is 1.94 bits per heavy atom. The highest BCUT2D eigenvalue weighted by Gasteiger charge is 2.24. The molecule has 2 rings (SSSR count). The monoisotopic (exact) mass is 276 g/mol. The van der Waals surface area contributed by atoms with Crippen molar-refractivity contribution in [2.24, 2.45) is 0 Å². The summed E-state index contributed by atoms with van der Waals surface area (Å²) in [5, 5.41) is 0. The fourth-order valence-corrected chi connectivity index (χ4v) is 3.91. The van der Waals surface area contributed by atoms with Crippen molar-refractivity contribution in [3.63, 3.8) is 0 Å². The molecule has 0 spiro atoms. The van der Waals surface area contributed by atoms with E-state index in [9.17, 15) is 8.42 Å². The lowest BCUT2D eigenvalue weighted by atomic mass is 10.1. The maximum atomic E-state index is 11.8. The third-order valence-electron chi connectivity index (χ3n) is 3.67. The molecule has 0 radical (unpaired) electrons. The van der Waals surface area contributed by atoms with E-state index in [-0.39, 0.29) is 0 Å². The molecule has 18 heavy (non-hydrogen) atoms. The lowest BCUT2D eigenvalue weighted by Crippen LogP contribution is -2.39. The number of unbranched alkanes of at least 4 members (excludes halogenated alkanes) is 1. The highest BCUT2D eigenvalue weighted by molar-refractivity contribution is 7.87. The Hall–Kier alpha value is -0.170. The van der Waals surface area contributed by atoms with Crippen molar-refractivity contribution in [3.05, 3.63) is 0 Å². The summed E-state index contributed by atoms with van der Waals surface area (Å²) in [6.45, 7) is 2.79. The summed E-state index contributed by atoms with van der Waals surface area (Å²) in [7, 11) is -3.21. The number of ether oxygens (including phenoxy) is 1. The molecular formula is C12H24N2O3S. The molecule has 5 nitrogen and oxygen atoms in total. The van der Waals surface area contributed by atoms with Gasteiger partial charge in [0.25, 0.3) is 10.2 Å². The molecule has 2 fully saturated rings. The summed E-state index contributed by atoms with van der Waals surface area (Å²) in [6.07, 6.45) is 7.72. The predicted molar refractivity (Wildman–Crippen MR) is 70.6 cm³/mol. The molecule has 0 aliphatic carbocycles. The average molecular weight is 276 g/mol. The second-order valence-electron chi connectivity index (χ2n) is 5.14. The molecule has 0 aromatic heterocycles. The fraction of sp³-hybridized carbons (Fsp3) is 1.00. The molecule has 0 aromatic carbocycles. The highest BCUT2D eigenvalue weighted by Crippen LogP contribution is 2.17. The van der Waals surface area contributed by atoms with E-state index >= 15 is 0 Å². The first-order valence-corrected chi connectivity index (χ1v) is 8.49. The molecule has 106 valence electrons. The van der Waals surface area contributed by atoms with E-state index in [0.29, 0.717) is 25.7 Å². The normalized spacial score (nSPS) is 25.9. The van der Waals surface area contributed by atoms with E-state index < -0.39 is 10.2 Å². The van der Waals surface area contributed by atoms with Crippen LogP contribution < -0.4 is 4.72 Å². The van der Waals surface area contributed by atoms with Crippen molar-refractivity contribution < 1.29 is 13.2 Å². The molecule has 2 heterocycles. The number of hydrogen-bond donors (Lipinski definition) is 1. The first kappa shape index (κ1) is 14.2. The minimum atomic E-state index is -3.21. The molecule has 0 bridgehead atoms. The van der Waals surface area contributed by atoms with Gasteiger partial charge in [-0.25, -0.2) is 4.72 Å². The van der Waals surface area contributed by atoms with Gasteiger partial charge in [0.1, 0.15) is 0 Å². The highest BCUT2D eigenvalue weighted by atomic mass is 32.2. The quantitative estimate of drug-likeness (QED) is 0.712. The van der Waals surface area contributed by atoms with Crippen LogP contribution in [0.3, 0.4) is 0 Å². The van der Waals surface area contributed by atoms with Crippen LogP contribution in [0, 0.1) is 0 Å². The largest absolute Gasteiger partial charge is 0.378 e. The molecule has 2 saturated heterocycles. The topological polar surface area (TPSA) is 58.6 Å². The van der Waals surface area contributed by atoms with Gasteiger partial charge in [-0.2, -0.15) is 12.7 Å². The van der Waals surface area contributed by atoms with Gasteiger partial charge >= 0.3 is 0 Å². The van der Waals surface area contributed by atoms with Gasteiger partial charge in [-0.05, 0) is 44.9 Å². The summed E-state index contributed by atoms with van der Waals surface area (Å²) >= 11 is 0. The lowest BCUT2D eigenvalue weighted by Gasteiger charge is -2.16.